The van der Waals surface area contributed by atoms with Crippen LogP contribution in [0, 0.1) is 6.92 Å². The summed E-state index contributed by atoms with van der Waals surface area (Å²) >= 11 is 0. The van der Waals surface area contributed by atoms with Crippen LogP contribution in [0.25, 0.3) is 0 Å². The van der Waals surface area contributed by atoms with E-state index < -0.39 is 0 Å². The van der Waals surface area contributed by atoms with Crippen molar-refractivity contribution >= 4 is 0 Å². The molecule has 0 aromatic heterocycles. The van der Waals surface area contributed by atoms with E-state index in [2.05, 4.69) is 53.4 Å². The zero-order valence-electron chi connectivity index (χ0n) is 18.5. The zero-order valence-corrected chi connectivity index (χ0v) is 15.5. The van der Waals surface area contributed by atoms with Crippen molar-refractivity contribution in [1.82, 2.24) is 4.90 Å². The summed E-state index contributed by atoms with van der Waals surface area (Å²) in [4.78, 5) is 2.26. The van der Waals surface area contributed by atoms with Gasteiger partial charge >= 0.3 is 0 Å². The molecule has 1 heterocycles. The van der Waals surface area contributed by atoms with E-state index in [4.69, 9.17) is 8.85 Å². The number of benzene rings is 1. The molecule has 1 aromatic rings. The lowest BCUT2D eigenvalue weighted by Gasteiger charge is -2.47. The number of hydrogen-bond donors (Lipinski definition) is 0. The normalized spacial score (nSPS) is 23.7. The fourth-order valence-corrected chi connectivity index (χ4v) is 3.62. The summed E-state index contributed by atoms with van der Waals surface area (Å²) in [6.07, 6.45) is 0. The molecule has 1 saturated heterocycles. The van der Waals surface area contributed by atoms with Crippen molar-refractivity contribution in [3.8, 4) is 0 Å². The highest BCUT2D eigenvalue weighted by Crippen LogP contribution is 2.30. The van der Waals surface area contributed by atoms with Crippen LogP contribution in [0.15, 0.2) is 18.1 Å². The minimum Gasteiger partial charge on any atom is -0.367 e. The van der Waals surface area contributed by atoms with Crippen LogP contribution in [0.3, 0.4) is 0 Å². The van der Waals surface area contributed by atoms with E-state index in [1.54, 1.807) is 0 Å². The van der Waals surface area contributed by atoms with Crippen LogP contribution < -0.4 is 0 Å². The van der Waals surface area contributed by atoms with Gasteiger partial charge in [-0.3, -0.25) is 4.90 Å². The summed E-state index contributed by atoms with van der Waals surface area (Å²) in [5.41, 5.74) is 1.54. The molecule has 0 radical (unpaired) electrons. The van der Waals surface area contributed by atoms with Crippen molar-refractivity contribution in [3.63, 3.8) is 0 Å². The Bertz CT molecular complexity index is 659. The molecule has 0 atom stereocenters. The van der Waals surface area contributed by atoms with Crippen LogP contribution in [0.1, 0.15) is 69.3 Å². The van der Waals surface area contributed by atoms with E-state index in [1.807, 2.05) is 6.92 Å². The molecule has 0 saturated carbocycles. The summed E-state index contributed by atoms with van der Waals surface area (Å²) < 4.78 is 31.7. The summed E-state index contributed by atoms with van der Waals surface area (Å²) in [7, 11) is 0. The lowest BCUT2D eigenvalue weighted by molar-refractivity contribution is -0.182. The van der Waals surface area contributed by atoms with E-state index in [1.165, 1.54) is 0 Å². The van der Waals surface area contributed by atoms with Gasteiger partial charge in [-0.15, -0.1) is 0 Å². The first-order valence-electron chi connectivity index (χ1n) is 9.67. The molecule has 22 heavy (non-hydrogen) atoms. The molecule has 1 aromatic carbocycles. The Morgan fingerprint density at radius 2 is 1.68 bits per heavy atom. The first kappa shape index (κ1) is 13.6. The average molecular weight is 307 g/mol. The Morgan fingerprint density at radius 1 is 1.14 bits per heavy atom. The zero-order chi connectivity index (χ0) is 19.4. The van der Waals surface area contributed by atoms with E-state index in [9.17, 15) is 0 Å². The first-order valence-corrected chi connectivity index (χ1v) is 8.17. The van der Waals surface area contributed by atoms with Gasteiger partial charge in [0.15, 0.2) is 0 Å². The topological polar surface area (TPSA) is 12.5 Å². The van der Waals surface area contributed by atoms with Gasteiger partial charge in [-0.1, -0.05) is 38.9 Å². The molecule has 1 aliphatic heterocycles. The standard InChI is InChI=1S/C20H33NO/c1-15-9-10-16(11-17(15)18(2,3)4)12-21-13-19(5,6)22-20(7,8)14-21/h9-11H,12-14H2,1-8H3/i9D,10D,11D. The van der Waals surface area contributed by atoms with Gasteiger partial charge in [-0.2, -0.15) is 0 Å². The van der Waals surface area contributed by atoms with Crippen LogP contribution >= 0.6 is 0 Å². The third kappa shape index (κ3) is 4.33. The van der Waals surface area contributed by atoms with E-state index in [0.717, 1.165) is 24.2 Å². The van der Waals surface area contributed by atoms with Gasteiger partial charge in [0.2, 0.25) is 0 Å². The monoisotopic (exact) mass is 306 g/mol. The first-order chi connectivity index (χ1) is 11.1. The van der Waals surface area contributed by atoms with Gasteiger partial charge in [0.05, 0.1) is 15.3 Å². The molecular weight excluding hydrogens is 270 g/mol. The third-order valence-corrected chi connectivity index (χ3v) is 3.94. The van der Waals surface area contributed by atoms with Crippen molar-refractivity contribution in [3.05, 3.63) is 34.8 Å². The molecule has 1 aliphatic rings. The lowest BCUT2D eigenvalue weighted by Crippen LogP contribution is -2.56. The van der Waals surface area contributed by atoms with E-state index in [0.29, 0.717) is 18.2 Å². The quantitative estimate of drug-likeness (QED) is 0.786. The van der Waals surface area contributed by atoms with Crippen LogP contribution in [-0.2, 0) is 16.7 Å². The van der Waals surface area contributed by atoms with Crippen LogP contribution in [0.2, 0.25) is 0 Å². The smallest absolute Gasteiger partial charge is 0.0760 e. The van der Waals surface area contributed by atoms with Crippen LogP contribution in [-0.4, -0.2) is 29.2 Å². The molecule has 0 aliphatic carbocycles. The fourth-order valence-electron chi connectivity index (χ4n) is 3.62. The molecule has 0 N–H and O–H groups in total. The molecule has 0 amide bonds. The summed E-state index contributed by atoms with van der Waals surface area (Å²) in [6, 6.07) is 0.869. The van der Waals surface area contributed by atoms with Gasteiger partial charge in [0.25, 0.3) is 0 Å². The van der Waals surface area contributed by atoms with Crippen LogP contribution in [0.4, 0.5) is 0 Å². The minimum absolute atomic E-state index is 0.192. The van der Waals surface area contributed by atoms with Gasteiger partial charge in [0.1, 0.15) is 0 Å². The number of nitrogens with zero attached hydrogens (tertiary/aromatic N) is 1. The highest BCUT2D eigenvalue weighted by Gasteiger charge is 2.37. The highest BCUT2D eigenvalue weighted by molar-refractivity contribution is 5.35. The van der Waals surface area contributed by atoms with Crippen molar-refractivity contribution in [2.75, 3.05) is 13.1 Å². The second-order valence-electron chi connectivity index (χ2n) is 8.87. The maximum absolute atomic E-state index is 8.74. The van der Waals surface area contributed by atoms with Crippen molar-refractivity contribution in [2.24, 2.45) is 0 Å². The Morgan fingerprint density at radius 3 is 2.18 bits per heavy atom. The number of morpholine rings is 1. The Balaban J connectivity index is 2.48. The lowest BCUT2D eigenvalue weighted by atomic mass is 9.83. The predicted octanol–water partition coefficient (Wildman–Crippen LogP) is 4.68. The SMILES string of the molecule is [2H]c1c([2H])c(CN2CC(C)(C)OC(C)(C)C2)c([2H])c(C(C)(C)C)c1C. The van der Waals surface area contributed by atoms with Gasteiger partial charge in [-0.05, 0) is 56.7 Å². The Kier molecular flexibility index (Phi) is 3.48. The molecule has 0 spiro atoms. The van der Waals surface area contributed by atoms with Gasteiger partial charge in [-0.25, -0.2) is 0 Å². The molecule has 1 fully saturated rings. The predicted molar refractivity (Wildman–Crippen MR) is 94.4 cm³/mol. The number of ether oxygens (including phenoxy) is 1. The molecule has 2 heteroatoms. The van der Waals surface area contributed by atoms with E-state index in [-0.39, 0.29) is 28.7 Å². The Labute approximate surface area is 141 Å². The second kappa shape index (κ2) is 5.65. The van der Waals surface area contributed by atoms with Crippen molar-refractivity contribution < 1.29 is 8.85 Å². The maximum atomic E-state index is 8.74. The Hall–Kier alpha value is -0.860. The number of hydrogen-bond acceptors (Lipinski definition) is 2. The van der Waals surface area contributed by atoms with Gasteiger partial charge in [0, 0.05) is 19.6 Å². The summed E-state index contributed by atoms with van der Waals surface area (Å²) in [5, 5.41) is 0. The van der Waals surface area contributed by atoms with E-state index >= 15 is 0 Å². The maximum Gasteiger partial charge on any atom is 0.0760 e. The molecule has 0 unspecified atom stereocenters. The third-order valence-electron chi connectivity index (χ3n) is 3.94. The largest absolute Gasteiger partial charge is 0.367 e. The molecule has 2 rings (SSSR count). The molecule has 0 bridgehead atoms. The molecular formula is C20H33NO. The molecule has 2 nitrogen and oxygen atoms in total. The van der Waals surface area contributed by atoms with Crippen molar-refractivity contribution in [2.45, 2.75) is 78.6 Å². The molecule has 124 valence electrons. The average Bonchev–Trinajstić information content (AvgIpc) is 2.36. The minimum atomic E-state index is -0.270. The summed E-state index contributed by atoms with van der Waals surface area (Å²) in [5.74, 6) is 0. The second-order valence-corrected chi connectivity index (χ2v) is 8.87. The van der Waals surface area contributed by atoms with Gasteiger partial charge < -0.3 is 4.74 Å². The fraction of sp³-hybridized carbons (Fsp3) is 0.700. The highest BCUT2D eigenvalue weighted by atomic mass is 16.5. The number of rotatable bonds is 2. The van der Waals surface area contributed by atoms with Crippen LogP contribution in [0.5, 0.6) is 0 Å². The van der Waals surface area contributed by atoms with Crippen molar-refractivity contribution in [1.29, 1.82) is 0 Å². The summed E-state index contributed by atoms with van der Waals surface area (Å²) in [6.45, 7) is 18.4.